The average molecular weight is 337 g/mol. The van der Waals surface area contributed by atoms with Crippen molar-refractivity contribution in [3.63, 3.8) is 0 Å². The molecular formula is C17H25BrN2. The minimum atomic E-state index is 0.170. The summed E-state index contributed by atoms with van der Waals surface area (Å²) in [5.74, 6) is 0.914. The molecule has 110 valence electrons. The summed E-state index contributed by atoms with van der Waals surface area (Å²) in [6, 6.07) is 9.99. The van der Waals surface area contributed by atoms with Gasteiger partial charge in [0.1, 0.15) is 0 Å². The zero-order chi connectivity index (χ0) is 14.1. The van der Waals surface area contributed by atoms with Crippen LogP contribution < -0.4 is 5.73 Å². The molecule has 2 fully saturated rings. The molecule has 1 aromatic carbocycles. The molecule has 1 saturated carbocycles. The van der Waals surface area contributed by atoms with Crippen LogP contribution in [-0.2, 0) is 0 Å². The van der Waals surface area contributed by atoms with Crippen LogP contribution in [0.1, 0.15) is 50.6 Å². The Morgan fingerprint density at radius 3 is 2.80 bits per heavy atom. The monoisotopic (exact) mass is 336 g/mol. The molecule has 0 aromatic heterocycles. The first-order valence-electron chi connectivity index (χ1n) is 7.93. The second-order valence-corrected chi connectivity index (χ2v) is 7.41. The molecule has 1 heterocycles. The van der Waals surface area contributed by atoms with Crippen LogP contribution in [0.25, 0.3) is 0 Å². The highest BCUT2D eigenvalue weighted by Gasteiger charge is 2.39. The molecule has 1 aliphatic carbocycles. The first kappa shape index (κ1) is 14.6. The lowest BCUT2D eigenvalue weighted by atomic mass is 9.87. The number of fused-ring (bicyclic) bond motifs is 1. The van der Waals surface area contributed by atoms with Crippen molar-refractivity contribution in [2.75, 3.05) is 6.54 Å². The third-order valence-electron chi connectivity index (χ3n) is 5.08. The summed E-state index contributed by atoms with van der Waals surface area (Å²) in [7, 11) is 0. The van der Waals surface area contributed by atoms with Crippen molar-refractivity contribution in [3.05, 3.63) is 34.3 Å². The quantitative estimate of drug-likeness (QED) is 0.900. The summed E-state index contributed by atoms with van der Waals surface area (Å²) >= 11 is 3.60. The molecule has 4 atom stereocenters. The number of rotatable bonds is 3. The second-order valence-electron chi connectivity index (χ2n) is 6.50. The molecule has 20 heavy (non-hydrogen) atoms. The minimum Gasteiger partial charge on any atom is -0.326 e. The van der Waals surface area contributed by atoms with Gasteiger partial charge in [0.2, 0.25) is 0 Å². The van der Waals surface area contributed by atoms with Crippen molar-refractivity contribution in [3.8, 4) is 0 Å². The van der Waals surface area contributed by atoms with Crippen molar-refractivity contribution in [2.24, 2.45) is 11.7 Å². The third-order valence-corrected chi connectivity index (χ3v) is 5.57. The Morgan fingerprint density at radius 1 is 1.25 bits per heavy atom. The maximum Gasteiger partial charge on any atom is 0.0499 e. The molecule has 2 nitrogen and oxygen atoms in total. The molecule has 0 spiro atoms. The number of likely N-dealkylation sites (tertiary alicyclic amines) is 1. The summed E-state index contributed by atoms with van der Waals surface area (Å²) in [5.41, 5.74) is 7.74. The van der Waals surface area contributed by atoms with Crippen LogP contribution in [0.15, 0.2) is 28.7 Å². The lowest BCUT2D eigenvalue weighted by Gasteiger charge is -2.44. The van der Waals surface area contributed by atoms with Gasteiger partial charge in [-0.1, -0.05) is 34.5 Å². The van der Waals surface area contributed by atoms with E-state index in [2.05, 4.69) is 52.0 Å². The Hall–Kier alpha value is -0.380. The van der Waals surface area contributed by atoms with Gasteiger partial charge in [0, 0.05) is 22.6 Å². The SMILES string of the molecule is CC(N)C(c1cccc(Br)c1)N1CCCC2CCCC21. The maximum absolute atomic E-state index is 6.38. The van der Waals surface area contributed by atoms with Crippen molar-refractivity contribution in [1.29, 1.82) is 0 Å². The average Bonchev–Trinajstić information content (AvgIpc) is 2.88. The van der Waals surface area contributed by atoms with Crippen molar-refractivity contribution >= 4 is 15.9 Å². The molecule has 3 heteroatoms. The molecular weight excluding hydrogens is 312 g/mol. The minimum absolute atomic E-state index is 0.170. The van der Waals surface area contributed by atoms with Gasteiger partial charge in [0.15, 0.2) is 0 Å². The molecule has 1 saturated heterocycles. The van der Waals surface area contributed by atoms with Gasteiger partial charge in [-0.3, -0.25) is 4.90 Å². The molecule has 1 aromatic rings. The summed E-state index contributed by atoms with van der Waals surface area (Å²) in [5, 5.41) is 0. The van der Waals surface area contributed by atoms with Gasteiger partial charge in [0.25, 0.3) is 0 Å². The molecule has 0 radical (unpaired) electrons. The zero-order valence-corrected chi connectivity index (χ0v) is 13.8. The lowest BCUT2D eigenvalue weighted by molar-refractivity contribution is 0.0571. The summed E-state index contributed by atoms with van der Waals surface area (Å²) in [6.07, 6.45) is 6.94. The Morgan fingerprint density at radius 2 is 2.05 bits per heavy atom. The number of benzene rings is 1. The highest BCUT2D eigenvalue weighted by Crippen LogP contribution is 2.41. The molecule has 0 bridgehead atoms. The van der Waals surface area contributed by atoms with Crippen molar-refractivity contribution in [2.45, 2.75) is 57.2 Å². The fourth-order valence-electron chi connectivity index (χ4n) is 4.33. The van der Waals surface area contributed by atoms with E-state index >= 15 is 0 Å². The van der Waals surface area contributed by atoms with E-state index in [0.29, 0.717) is 6.04 Å². The van der Waals surface area contributed by atoms with Crippen LogP contribution in [0.2, 0.25) is 0 Å². The van der Waals surface area contributed by atoms with Crippen molar-refractivity contribution < 1.29 is 0 Å². The van der Waals surface area contributed by atoms with E-state index in [0.717, 1.165) is 16.4 Å². The van der Waals surface area contributed by atoms with E-state index < -0.39 is 0 Å². The van der Waals surface area contributed by atoms with Crippen molar-refractivity contribution in [1.82, 2.24) is 4.90 Å². The Labute approximate surface area is 130 Å². The third kappa shape index (κ3) is 2.81. The van der Waals surface area contributed by atoms with Crippen LogP contribution in [-0.4, -0.2) is 23.5 Å². The maximum atomic E-state index is 6.38. The fraction of sp³-hybridized carbons (Fsp3) is 0.647. The number of hydrogen-bond donors (Lipinski definition) is 1. The summed E-state index contributed by atoms with van der Waals surface area (Å²) in [4.78, 5) is 2.72. The van der Waals surface area contributed by atoms with Gasteiger partial charge >= 0.3 is 0 Å². The lowest BCUT2D eigenvalue weighted by Crippen LogP contribution is -2.49. The number of nitrogens with two attached hydrogens (primary N) is 1. The van der Waals surface area contributed by atoms with E-state index in [1.54, 1.807) is 0 Å². The van der Waals surface area contributed by atoms with Crippen LogP contribution >= 0.6 is 15.9 Å². The largest absolute Gasteiger partial charge is 0.326 e. The fourth-order valence-corrected chi connectivity index (χ4v) is 4.74. The zero-order valence-electron chi connectivity index (χ0n) is 12.3. The van der Waals surface area contributed by atoms with Gasteiger partial charge in [-0.05, 0) is 62.8 Å². The standard InChI is InChI=1S/C17H25BrN2/c1-12(19)17(14-6-2-8-15(18)11-14)20-10-4-7-13-5-3-9-16(13)20/h2,6,8,11-13,16-17H,3-5,7,9-10,19H2,1H3. The molecule has 2 N–H and O–H groups in total. The molecule has 3 rings (SSSR count). The van der Waals surface area contributed by atoms with E-state index in [1.165, 1.54) is 44.2 Å². The molecule has 0 amide bonds. The van der Waals surface area contributed by atoms with E-state index in [-0.39, 0.29) is 6.04 Å². The smallest absolute Gasteiger partial charge is 0.0499 e. The Kier molecular flexibility index (Phi) is 4.49. The second kappa shape index (κ2) is 6.17. The Bertz CT molecular complexity index is 460. The predicted molar refractivity (Wildman–Crippen MR) is 87.6 cm³/mol. The van der Waals surface area contributed by atoms with Gasteiger partial charge in [-0.2, -0.15) is 0 Å². The molecule has 1 aliphatic heterocycles. The van der Waals surface area contributed by atoms with E-state index in [9.17, 15) is 0 Å². The molecule has 2 aliphatic rings. The number of hydrogen-bond acceptors (Lipinski definition) is 2. The topological polar surface area (TPSA) is 29.3 Å². The first-order valence-corrected chi connectivity index (χ1v) is 8.73. The van der Waals surface area contributed by atoms with Crippen LogP contribution in [0.5, 0.6) is 0 Å². The van der Waals surface area contributed by atoms with Gasteiger partial charge in [-0.25, -0.2) is 0 Å². The van der Waals surface area contributed by atoms with Crippen LogP contribution in [0.4, 0.5) is 0 Å². The van der Waals surface area contributed by atoms with E-state index in [4.69, 9.17) is 5.73 Å². The van der Waals surface area contributed by atoms with Crippen LogP contribution in [0, 0.1) is 5.92 Å². The number of nitrogens with zero attached hydrogens (tertiary/aromatic N) is 1. The number of piperidine rings is 1. The van der Waals surface area contributed by atoms with Gasteiger partial charge < -0.3 is 5.73 Å². The molecule has 4 unspecified atom stereocenters. The normalized spacial score (nSPS) is 29.9. The summed E-state index contributed by atoms with van der Waals surface area (Å²) < 4.78 is 1.15. The predicted octanol–water partition coefficient (Wildman–Crippen LogP) is 4.10. The van der Waals surface area contributed by atoms with Gasteiger partial charge in [-0.15, -0.1) is 0 Å². The van der Waals surface area contributed by atoms with E-state index in [1.807, 2.05) is 0 Å². The summed E-state index contributed by atoms with van der Waals surface area (Å²) in [6.45, 7) is 3.37. The first-order chi connectivity index (χ1) is 9.66. The number of halogens is 1. The Balaban J connectivity index is 1.90. The van der Waals surface area contributed by atoms with Crippen LogP contribution in [0.3, 0.4) is 0 Å². The highest BCUT2D eigenvalue weighted by atomic mass is 79.9. The van der Waals surface area contributed by atoms with Gasteiger partial charge in [0.05, 0.1) is 0 Å². The highest BCUT2D eigenvalue weighted by molar-refractivity contribution is 9.10.